The summed E-state index contributed by atoms with van der Waals surface area (Å²) in [5.41, 5.74) is 5.94. The predicted octanol–water partition coefficient (Wildman–Crippen LogP) is 4.25. The van der Waals surface area contributed by atoms with E-state index in [0.717, 1.165) is 13.1 Å². The molecular formula is C22H24I2N4. The topological polar surface area (TPSA) is 30.5 Å². The highest BCUT2D eigenvalue weighted by atomic mass is 127. The van der Waals surface area contributed by atoms with Crippen molar-refractivity contribution in [2.75, 3.05) is 37.8 Å². The third kappa shape index (κ3) is 1.94. The molecular weight excluding hydrogens is 574 g/mol. The highest BCUT2D eigenvalue weighted by Crippen LogP contribution is 2.66. The molecule has 4 heterocycles. The number of fused-ring (bicyclic) bond motifs is 7. The highest BCUT2D eigenvalue weighted by Gasteiger charge is 2.71. The first-order valence-electron chi connectivity index (χ1n) is 10.0. The number of hydrogen-bond acceptors (Lipinski definition) is 4. The largest absolute Gasteiger partial charge is 0.368 e. The van der Waals surface area contributed by atoms with E-state index in [2.05, 4.69) is 116 Å². The van der Waals surface area contributed by atoms with E-state index >= 15 is 0 Å². The lowest BCUT2D eigenvalue weighted by atomic mass is 9.55. The molecule has 0 aromatic heterocycles. The zero-order valence-corrected chi connectivity index (χ0v) is 20.4. The van der Waals surface area contributed by atoms with Crippen LogP contribution in [-0.2, 0) is 10.8 Å². The molecule has 2 fully saturated rings. The zero-order chi connectivity index (χ0) is 19.3. The SMILES string of the molecule is CN1CCC2(C34CCN(C)[C@@H]3Nc3c(I)cccc34)c3cccc(I)c3N[C@H]12. The molecule has 0 spiro atoms. The van der Waals surface area contributed by atoms with Crippen LogP contribution in [0.1, 0.15) is 24.0 Å². The molecule has 0 amide bonds. The van der Waals surface area contributed by atoms with Gasteiger partial charge in [-0.15, -0.1) is 0 Å². The molecule has 4 atom stereocenters. The quantitative estimate of drug-likeness (QED) is 0.482. The van der Waals surface area contributed by atoms with Gasteiger partial charge in [0.1, 0.15) is 0 Å². The minimum atomic E-state index is 0.0797. The number of para-hydroxylation sites is 2. The third-order valence-corrected chi connectivity index (χ3v) is 9.68. The second-order valence-electron chi connectivity index (χ2n) is 8.82. The maximum atomic E-state index is 3.97. The summed E-state index contributed by atoms with van der Waals surface area (Å²) in [7, 11) is 4.58. The molecule has 2 N–H and O–H groups in total. The van der Waals surface area contributed by atoms with Gasteiger partial charge in [-0.3, -0.25) is 9.80 Å². The second kappa shape index (κ2) is 5.98. The Kier molecular flexibility index (Phi) is 3.89. The molecule has 0 radical (unpaired) electrons. The van der Waals surface area contributed by atoms with E-state index in [1.165, 1.54) is 42.5 Å². The van der Waals surface area contributed by atoms with Crippen LogP contribution in [0.3, 0.4) is 0 Å². The van der Waals surface area contributed by atoms with Crippen LogP contribution in [0, 0.1) is 7.14 Å². The number of anilines is 2. The van der Waals surface area contributed by atoms with Crippen molar-refractivity contribution in [2.24, 2.45) is 0 Å². The molecule has 4 nitrogen and oxygen atoms in total. The fourth-order valence-electron chi connectivity index (χ4n) is 6.79. The Balaban J connectivity index is 1.69. The van der Waals surface area contributed by atoms with E-state index in [-0.39, 0.29) is 10.8 Å². The van der Waals surface area contributed by atoms with E-state index in [0.29, 0.717) is 12.3 Å². The number of nitrogens with zero attached hydrogens (tertiary/aromatic N) is 2. The molecule has 0 bridgehead atoms. The van der Waals surface area contributed by atoms with Gasteiger partial charge < -0.3 is 10.6 Å². The Hall–Kier alpha value is -0.580. The Bertz CT molecular complexity index is 915. The van der Waals surface area contributed by atoms with Crippen molar-refractivity contribution in [3.05, 3.63) is 54.7 Å². The van der Waals surface area contributed by atoms with Crippen molar-refractivity contribution >= 4 is 56.6 Å². The summed E-state index contributed by atoms with van der Waals surface area (Å²) in [5.74, 6) is 0. The number of rotatable bonds is 1. The van der Waals surface area contributed by atoms with Crippen molar-refractivity contribution < 1.29 is 0 Å². The van der Waals surface area contributed by atoms with E-state index in [9.17, 15) is 0 Å². The third-order valence-electron chi connectivity index (χ3n) is 7.88. The van der Waals surface area contributed by atoms with Crippen LogP contribution >= 0.6 is 45.2 Å². The van der Waals surface area contributed by atoms with Crippen molar-refractivity contribution in [1.82, 2.24) is 9.80 Å². The van der Waals surface area contributed by atoms with Gasteiger partial charge in [0.05, 0.1) is 23.7 Å². The van der Waals surface area contributed by atoms with Crippen molar-refractivity contribution in [3.8, 4) is 0 Å². The smallest absolute Gasteiger partial charge is 0.0901 e. The van der Waals surface area contributed by atoms with Crippen LogP contribution in [-0.4, -0.2) is 49.3 Å². The average molecular weight is 598 g/mol. The molecule has 28 heavy (non-hydrogen) atoms. The number of hydrogen-bond donors (Lipinski definition) is 2. The van der Waals surface area contributed by atoms with Crippen LogP contribution in [0.5, 0.6) is 0 Å². The monoisotopic (exact) mass is 598 g/mol. The summed E-state index contributed by atoms with van der Waals surface area (Å²) in [4.78, 5) is 5.10. The average Bonchev–Trinajstić information content (AvgIpc) is 3.37. The van der Waals surface area contributed by atoms with Crippen LogP contribution in [0.2, 0.25) is 0 Å². The van der Waals surface area contributed by atoms with Gasteiger partial charge in [0.15, 0.2) is 0 Å². The minimum absolute atomic E-state index is 0.0797. The molecule has 146 valence electrons. The number of likely N-dealkylation sites (tertiary alicyclic amines) is 2. The normalized spacial score (nSPS) is 35.9. The molecule has 4 aliphatic rings. The number of benzene rings is 2. The fraction of sp³-hybridized carbons (Fsp3) is 0.455. The first-order chi connectivity index (χ1) is 13.5. The summed E-state index contributed by atoms with van der Waals surface area (Å²) < 4.78 is 2.68. The molecule has 6 rings (SSSR count). The van der Waals surface area contributed by atoms with Crippen molar-refractivity contribution in [3.63, 3.8) is 0 Å². The van der Waals surface area contributed by atoms with Crippen LogP contribution in [0.4, 0.5) is 11.4 Å². The molecule has 2 saturated heterocycles. The van der Waals surface area contributed by atoms with Crippen LogP contribution < -0.4 is 10.6 Å². The van der Waals surface area contributed by atoms with Gasteiger partial charge >= 0.3 is 0 Å². The van der Waals surface area contributed by atoms with Gasteiger partial charge in [0.25, 0.3) is 0 Å². The summed E-state index contributed by atoms with van der Waals surface area (Å²) >= 11 is 5.00. The van der Waals surface area contributed by atoms with Gasteiger partial charge in [0, 0.05) is 31.1 Å². The number of likely N-dealkylation sites (N-methyl/N-ethyl adjacent to an activating group) is 2. The Labute approximate surface area is 193 Å². The first kappa shape index (κ1) is 18.2. The Morgan fingerprint density at radius 2 is 1.21 bits per heavy atom. The highest BCUT2D eigenvalue weighted by molar-refractivity contribution is 14.1. The lowest BCUT2D eigenvalue weighted by Crippen LogP contribution is -2.60. The first-order valence-corrected chi connectivity index (χ1v) is 12.2. The van der Waals surface area contributed by atoms with Crippen molar-refractivity contribution in [2.45, 2.75) is 36.0 Å². The Morgan fingerprint density at radius 1 is 0.786 bits per heavy atom. The molecule has 2 aromatic carbocycles. The standard InChI is InChI=1S/C22H24I2N4/c1-27-11-9-21(13-5-3-7-15(23)17(13)25-19(21)27)22-10-12-28(2)20(22)26-18-14(22)6-4-8-16(18)24/h3-8,19-20,25-26H,9-12H2,1-2H3/t19-,20+,21?,22?. The number of nitrogens with one attached hydrogen (secondary N) is 2. The van der Waals surface area contributed by atoms with Crippen LogP contribution in [0.25, 0.3) is 0 Å². The van der Waals surface area contributed by atoms with Gasteiger partial charge in [0.2, 0.25) is 0 Å². The maximum Gasteiger partial charge on any atom is 0.0901 e. The lowest BCUT2D eigenvalue weighted by Gasteiger charge is -2.48. The summed E-state index contributed by atoms with van der Waals surface area (Å²) in [6.07, 6.45) is 3.09. The fourth-order valence-corrected chi connectivity index (χ4v) is 8.10. The van der Waals surface area contributed by atoms with E-state index < -0.39 is 0 Å². The van der Waals surface area contributed by atoms with E-state index in [4.69, 9.17) is 0 Å². The van der Waals surface area contributed by atoms with Gasteiger partial charge in [-0.2, -0.15) is 0 Å². The van der Waals surface area contributed by atoms with Gasteiger partial charge in [-0.05, 0) is 95.4 Å². The van der Waals surface area contributed by atoms with Gasteiger partial charge in [-0.25, -0.2) is 0 Å². The number of halogens is 2. The molecule has 0 saturated carbocycles. The molecule has 4 aliphatic heterocycles. The molecule has 2 unspecified atom stereocenters. The van der Waals surface area contributed by atoms with E-state index in [1.54, 1.807) is 0 Å². The summed E-state index contributed by atoms with van der Waals surface area (Å²) in [6.45, 7) is 2.28. The summed E-state index contributed by atoms with van der Waals surface area (Å²) in [6, 6.07) is 13.8. The van der Waals surface area contributed by atoms with Gasteiger partial charge in [-0.1, -0.05) is 24.3 Å². The Morgan fingerprint density at radius 3 is 1.64 bits per heavy atom. The zero-order valence-electron chi connectivity index (χ0n) is 16.1. The van der Waals surface area contributed by atoms with Crippen LogP contribution in [0.15, 0.2) is 36.4 Å². The molecule has 2 aromatic rings. The minimum Gasteiger partial charge on any atom is -0.368 e. The molecule has 0 aliphatic carbocycles. The maximum absolute atomic E-state index is 3.97. The molecule has 6 heteroatoms. The second-order valence-corrected chi connectivity index (χ2v) is 11.1. The summed E-state index contributed by atoms with van der Waals surface area (Å²) in [5, 5.41) is 7.94. The predicted molar refractivity (Wildman–Crippen MR) is 131 cm³/mol. The lowest BCUT2D eigenvalue weighted by molar-refractivity contribution is 0.147. The van der Waals surface area contributed by atoms with Crippen molar-refractivity contribution in [1.29, 1.82) is 0 Å². The van der Waals surface area contributed by atoms with E-state index in [1.807, 2.05) is 0 Å².